The van der Waals surface area contributed by atoms with Crippen molar-refractivity contribution < 1.29 is 13.2 Å². The first-order chi connectivity index (χ1) is 8.89. The standard InChI is InChI=1S/C13H20ClNO3S/c1-10(8-14)9-19(16,17)15-11(2)12-6-4-5-7-13(12)18-3/h4-7,10-11,15H,8-9H2,1-3H3. The number of hydrogen-bond acceptors (Lipinski definition) is 3. The monoisotopic (exact) mass is 305 g/mol. The summed E-state index contributed by atoms with van der Waals surface area (Å²) in [5, 5.41) is 0. The van der Waals surface area contributed by atoms with Crippen LogP contribution >= 0.6 is 11.6 Å². The van der Waals surface area contributed by atoms with E-state index in [2.05, 4.69) is 4.72 Å². The van der Waals surface area contributed by atoms with Gasteiger partial charge in [-0.3, -0.25) is 0 Å². The summed E-state index contributed by atoms with van der Waals surface area (Å²) in [4.78, 5) is 0. The van der Waals surface area contributed by atoms with Gasteiger partial charge in [-0.15, -0.1) is 11.6 Å². The van der Waals surface area contributed by atoms with Crippen molar-refractivity contribution in [2.75, 3.05) is 18.7 Å². The van der Waals surface area contributed by atoms with Crippen molar-refractivity contribution in [2.45, 2.75) is 19.9 Å². The smallest absolute Gasteiger partial charge is 0.212 e. The van der Waals surface area contributed by atoms with E-state index >= 15 is 0 Å². The van der Waals surface area contributed by atoms with Crippen LogP contribution in [0.2, 0.25) is 0 Å². The van der Waals surface area contributed by atoms with Crippen molar-refractivity contribution in [1.82, 2.24) is 4.72 Å². The molecule has 19 heavy (non-hydrogen) atoms. The van der Waals surface area contributed by atoms with Crippen LogP contribution in [0, 0.1) is 5.92 Å². The van der Waals surface area contributed by atoms with E-state index in [1.165, 1.54) is 0 Å². The van der Waals surface area contributed by atoms with Gasteiger partial charge in [-0.1, -0.05) is 25.1 Å². The van der Waals surface area contributed by atoms with Gasteiger partial charge in [-0.05, 0) is 18.9 Å². The molecule has 0 aromatic heterocycles. The van der Waals surface area contributed by atoms with Crippen LogP contribution < -0.4 is 9.46 Å². The molecule has 4 nitrogen and oxygen atoms in total. The molecule has 2 atom stereocenters. The van der Waals surface area contributed by atoms with Gasteiger partial charge in [0.05, 0.1) is 12.9 Å². The summed E-state index contributed by atoms with van der Waals surface area (Å²) < 4.78 is 31.8. The Morgan fingerprint density at radius 1 is 1.32 bits per heavy atom. The van der Waals surface area contributed by atoms with Gasteiger partial charge in [0.15, 0.2) is 0 Å². The summed E-state index contributed by atoms with van der Waals surface area (Å²) in [5.41, 5.74) is 0.812. The number of methoxy groups -OCH3 is 1. The summed E-state index contributed by atoms with van der Waals surface area (Å²) in [6.45, 7) is 3.60. The summed E-state index contributed by atoms with van der Waals surface area (Å²) in [5.74, 6) is 0.937. The third kappa shape index (κ3) is 5.01. The Hall–Kier alpha value is -0.780. The molecule has 0 aliphatic rings. The van der Waals surface area contributed by atoms with Crippen LogP contribution in [0.4, 0.5) is 0 Å². The summed E-state index contributed by atoms with van der Waals surface area (Å²) in [6, 6.07) is 7.01. The van der Waals surface area contributed by atoms with Crippen LogP contribution in [0.3, 0.4) is 0 Å². The maximum Gasteiger partial charge on any atom is 0.212 e. The molecule has 0 heterocycles. The summed E-state index contributed by atoms with van der Waals surface area (Å²) in [7, 11) is -1.79. The molecule has 1 aromatic rings. The highest BCUT2D eigenvalue weighted by Crippen LogP contribution is 2.25. The molecule has 0 aliphatic heterocycles. The van der Waals surface area contributed by atoms with E-state index in [0.29, 0.717) is 11.6 Å². The number of para-hydroxylation sites is 1. The molecule has 1 aromatic carbocycles. The third-order valence-corrected chi connectivity index (χ3v) is 4.98. The van der Waals surface area contributed by atoms with Crippen molar-refractivity contribution in [3.63, 3.8) is 0 Å². The van der Waals surface area contributed by atoms with Crippen LogP contribution in [0.15, 0.2) is 24.3 Å². The Morgan fingerprint density at radius 2 is 1.95 bits per heavy atom. The molecule has 0 aliphatic carbocycles. The Kier molecular flexibility index (Phi) is 6.10. The Balaban J connectivity index is 2.81. The second-order valence-electron chi connectivity index (χ2n) is 4.62. The van der Waals surface area contributed by atoms with Gasteiger partial charge in [-0.2, -0.15) is 0 Å². The molecular weight excluding hydrogens is 286 g/mol. The van der Waals surface area contributed by atoms with Gasteiger partial charge in [0.25, 0.3) is 0 Å². The largest absolute Gasteiger partial charge is 0.496 e. The summed E-state index contributed by atoms with van der Waals surface area (Å²) in [6.07, 6.45) is 0. The second kappa shape index (κ2) is 7.12. The van der Waals surface area contributed by atoms with Gasteiger partial charge in [-0.25, -0.2) is 13.1 Å². The maximum atomic E-state index is 12.0. The number of rotatable bonds is 7. The normalized spacial score (nSPS) is 14.9. The van der Waals surface area contributed by atoms with Crippen LogP contribution in [-0.2, 0) is 10.0 Å². The van der Waals surface area contributed by atoms with Crippen LogP contribution in [0.25, 0.3) is 0 Å². The molecule has 1 N–H and O–H groups in total. The highest BCUT2D eigenvalue weighted by Gasteiger charge is 2.20. The molecule has 6 heteroatoms. The molecule has 0 fully saturated rings. The number of nitrogens with one attached hydrogen (secondary N) is 1. The predicted molar refractivity (Wildman–Crippen MR) is 78.2 cm³/mol. The molecule has 0 saturated carbocycles. The van der Waals surface area contributed by atoms with E-state index in [-0.39, 0.29) is 17.7 Å². The predicted octanol–water partition coefficient (Wildman–Crippen LogP) is 2.55. The number of sulfonamides is 1. The van der Waals surface area contributed by atoms with Gasteiger partial charge in [0.2, 0.25) is 10.0 Å². The lowest BCUT2D eigenvalue weighted by molar-refractivity contribution is 0.405. The number of hydrogen-bond donors (Lipinski definition) is 1. The van der Waals surface area contributed by atoms with Crippen LogP contribution in [0.5, 0.6) is 5.75 Å². The number of halogens is 1. The topological polar surface area (TPSA) is 55.4 Å². The van der Waals surface area contributed by atoms with Gasteiger partial charge in [0.1, 0.15) is 5.75 Å². The third-order valence-electron chi connectivity index (χ3n) is 2.73. The van der Waals surface area contributed by atoms with E-state index in [9.17, 15) is 8.42 Å². The highest BCUT2D eigenvalue weighted by atomic mass is 35.5. The van der Waals surface area contributed by atoms with Crippen molar-refractivity contribution in [3.05, 3.63) is 29.8 Å². The molecule has 0 saturated heterocycles. The molecule has 1 rings (SSSR count). The molecular formula is C13H20ClNO3S. The van der Waals surface area contributed by atoms with Crippen molar-refractivity contribution >= 4 is 21.6 Å². The molecule has 0 bridgehead atoms. The lowest BCUT2D eigenvalue weighted by Gasteiger charge is -2.18. The van der Waals surface area contributed by atoms with Gasteiger partial charge < -0.3 is 4.74 Å². The van der Waals surface area contributed by atoms with E-state index in [1.807, 2.05) is 24.3 Å². The Morgan fingerprint density at radius 3 is 2.53 bits per heavy atom. The zero-order valence-electron chi connectivity index (χ0n) is 11.4. The van der Waals surface area contributed by atoms with E-state index in [0.717, 1.165) is 5.56 Å². The van der Waals surface area contributed by atoms with Gasteiger partial charge in [0, 0.05) is 17.5 Å². The fourth-order valence-electron chi connectivity index (χ4n) is 1.82. The van der Waals surface area contributed by atoms with Crippen LogP contribution in [-0.4, -0.2) is 27.2 Å². The van der Waals surface area contributed by atoms with Crippen molar-refractivity contribution in [3.8, 4) is 5.75 Å². The molecule has 0 amide bonds. The number of benzene rings is 1. The van der Waals surface area contributed by atoms with Crippen molar-refractivity contribution in [2.24, 2.45) is 5.92 Å². The van der Waals surface area contributed by atoms with E-state index in [4.69, 9.17) is 16.3 Å². The van der Waals surface area contributed by atoms with E-state index < -0.39 is 10.0 Å². The first-order valence-electron chi connectivity index (χ1n) is 6.08. The molecule has 2 unspecified atom stereocenters. The molecule has 0 radical (unpaired) electrons. The first-order valence-corrected chi connectivity index (χ1v) is 8.27. The average Bonchev–Trinajstić information content (AvgIpc) is 2.37. The first kappa shape index (κ1) is 16.3. The number of alkyl halides is 1. The Labute approximate surface area is 120 Å². The average molecular weight is 306 g/mol. The number of ether oxygens (including phenoxy) is 1. The minimum absolute atomic E-state index is 0.0238. The maximum absolute atomic E-state index is 12.0. The van der Waals surface area contributed by atoms with Crippen LogP contribution in [0.1, 0.15) is 25.5 Å². The Bertz CT molecular complexity index is 504. The molecule has 108 valence electrons. The van der Waals surface area contributed by atoms with Gasteiger partial charge >= 0.3 is 0 Å². The fourth-order valence-corrected chi connectivity index (χ4v) is 3.69. The molecule has 0 spiro atoms. The zero-order valence-corrected chi connectivity index (χ0v) is 13.0. The SMILES string of the molecule is COc1ccccc1C(C)NS(=O)(=O)CC(C)CCl. The zero-order chi connectivity index (χ0) is 14.5. The minimum Gasteiger partial charge on any atom is -0.496 e. The quantitative estimate of drug-likeness (QED) is 0.788. The lowest BCUT2D eigenvalue weighted by atomic mass is 10.1. The van der Waals surface area contributed by atoms with Crippen molar-refractivity contribution in [1.29, 1.82) is 0 Å². The summed E-state index contributed by atoms with van der Waals surface area (Å²) >= 11 is 5.65. The highest BCUT2D eigenvalue weighted by molar-refractivity contribution is 7.89. The lowest BCUT2D eigenvalue weighted by Crippen LogP contribution is -2.32. The fraction of sp³-hybridized carbons (Fsp3) is 0.538. The second-order valence-corrected chi connectivity index (χ2v) is 6.73. The minimum atomic E-state index is -3.36. The van der Waals surface area contributed by atoms with E-state index in [1.54, 1.807) is 21.0 Å².